The van der Waals surface area contributed by atoms with Gasteiger partial charge in [-0.1, -0.05) is 19.3 Å². The molecule has 2 heteroatoms. The van der Waals surface area contributed by atoms with Gasteiger partial charge in [0.2, 0.25) is 0 Å². The first-order valence-corrected chi connectivity index (χ1v) is 4.30. The number of hydrogen-bond acceptors (Lipinski definition) is 1. The van der Waals surface area contributed by atoms with E-state index in [4.69, 9.17) is 0 Å². The number of aromatic nitrogens is 2. The molecule has 1 aliphatic rings. The fourth-order valence-electron chi connectivity index (χ4n) is 1.66. The summed E-state index contributed by atoms with van der Waals surface area (Å²) in [6, 6.07) is 1.54. The van der Waals surface area contributed by atoms with Gasteiger partial charge < -0.3 is 4.57 Å². The normalized spacial score (nSPS) is 20.4. The van der Waals surface area contributed by atoms with Crippen LogP contribution >= 0.6 is 0 Å². The average molecular weight is 149 g/mol. The topological polar surface area (TPSA) is 17.8 Å². The van der Waals surface area contributed by atoms with E-state index in [-0.39, 0.29) is 0 Å². The molecule has 2 rings (SSSR count). The zero-order valence-electron chi connectivity index (χ0n) is 6.66. The van der Waals surface area contributed by atoms with E-state index in [9.17, 15) is 0 Å². The van der Waals surface area contributed by atoms with Crippen LogP contribution in [0.25, 0.3) is 0 Å². The summed E-state index contributed by atoms with van der Waals surface area (Å²) in [6.07, 6.45) is 12.4. The first kappa shape index (κ1) is 6.89. The highest BCUT2D eigenvalue weighted by Crippen LogP contribution is 2.26. The Kier molecular flexibility index (Phi) is 1.93. The molecule has 1 saturated carbocycles. The van der Waals surface area contributed by atoms with Crippen LogP contribution in [0.1, 0.15) is 32.1 Å². The van der Waals surface area contributed by atoms with Crippen molar-refractivity contribution >= 4 is 0 Å². The average Bonchev–Trinajstić information content (AvgIpc) is 2.58. The Morgan fingerprint density at radius 1 is 1.18 bits per heavy atom. The fraction of sp³-hybridized carbons (Fsp3) is 0.556. The predicted molar refractivity (Wildman–Crippen MR) is 44.0 cm³/mol. The van der Waals surface area contributed by atoms with Crippen molar-refractivity contribution in [3.8, 4) is 0 Å². The Balaban J connectivity index is 2.04. The van der Waals surface area contributed by atoms with E-state index >= 15 is 0 Å². The van der Waals surface area contributed by atoms with Gasteiger partial charge >= 0.3 is 0 Å². The molecule has 0 amide bonds. The summed E-state index contributed by atoms with van der Waals surface area (Å²) in [5.74, 6) is 0. The van der Waals surface area contributed by atoms with Crippen LogP contribution in [0.3, 0.4) is 0 Å². The molecule has 0 N–H and O–H groups in total. The van der Waals surface area contributed by atoms with Crippen molar-refractivity contribution in [2.45, 2.75) is 32.1 Å². The van der Waals surface area contributed by atoms with Gasteiger partial charge in [-0.15, -0.1) is 0 Å². The molecular formula is C9H13N2. The molecule has 59 valence electrons. The summed E-state index contributed by atoms with van der Waals surface area (Å²) in [7, 11) is 0. The van der Waals surface area contributed by atoms with Gasteiger partial charge in [-0.3, -0.25) is 0 Å². The van der Waals surface area contributed by atoms with Gasteiger partial charge in [-0.25, -0.2) is 4.98 Å². The third-order valence-corrected chi connectivity index (χ3v) is 2.30. The summed E-state index contributed by atoms with van der Waals surface area (Å²) in [4.78, 5) is 4.04. The molecule has 1 fully saturated rings. The Labute approximate surface area is 67.3 Å². The van der Waals surface area contributed by atoms with Crippen LogP contribution in [0.15, 0.2) is 18.7 Å². The summed E-state index contributed by atoms with van der Waals surface area (Å²) in [5.41, 5.74) is 0. The third kappa shape index (κ3) is 1.44. The molecule has 0 aliphatic heterocycles. The summed E-state index contributed by atoms with van der Waals surface area (Å²) in [5, 5.41) is 0. The van der Waals surface area contributed by atoms with Crippen molar-refractivity contribution in [1.29, 1.82) is 0 Å². The van der Waals surface area contributed by atoms with Gasteiger partial charge in [0, 0.05) is 12.4 Å². The molecule has 0 atom stereocenters. The van der Waals surface area contributed by atoms with Gasteiger partial charge in [0.25, 0.3) is 0 Å². The lowest BCUT2D eigenvalue weighted by Crippen LogP contribution is -2.11. The van der Waals surface area contributed by atoms with E-state index in [1.807, 2.05) is 18.7 Å². The lowest BCUT2D eigenvalue weighted by atomic mass is 9.95. The second-order valence-electron chi connectivity index (χ2n) is 3.10. The monoisotopic (exact) mass is 149 g/mol. The van der Waals surface area contributed by atoms with Crippen LogP contribution in [0.4, 0.5) is 0 Å². The molecule has 2 nitrogen and oxygen atoms in total. The Morgan fingerprint density at radius 2 is 2.00 bits per heavy atom. The number of rotatable bonds is 1. The van der Waals surface area contributed by atoms with E-state index in [1.54, 1.807) is 0 Å². The van der Waals surface area contributed by atoms with Crippen molar-refractivity contribution < 1.29 is 0 Å². The maximum atomic E-state index is 4.04. The van der Waals surface area contributed by atoms with Crippen LogP contribution in [0.5, 0.6) is 0 Å². The predicted octanol–water partition coefficient (Wildman–Crippen LogP) is 2.23. The third-order valence-electron chi connectivity index (χ3n) is 2.30. The highest BCUT2D eigenvalue weighted by atomic mass is 15.0. The molecule has 11 heavy (non-hydrogen) atoms. The Bertz CT molecular complexity index is 197. The summed E-state index contributed by atoms with van der Waals surface area (Å²) >= 11 is 0. The molecular weight excluding hydrogens is 136 g/mol. The minimum Gasteiger partial charge on any atom is -0.329 e. The first-order valence-electron chi connectivity index (χ1n) is 4.30. The van der Waals surface area contributed by atoms with Crippen LogP contribution < -0.4 is 0 Å². The molecule has 0 saturated heterocycles. The zero-order chi connectivity index (χ0) is 7.52. The minimum absolute atomic E-state index is 1.26. The van der Waals surface area contributed by atoms with Crippen LogP contribution in [0.2, 0.25) is 0 Å². The number of hydrogen-bond donors (Lipinski definition) is 0. The van der Waals surface area contributed by atoms with Gasteiger partial charge in [-0.2, -0.15) is 0 Å². The second-order valence-corrected chi connectivity index (χ2v) is 3.10. The lowest BCUT2D eigenvalue weighted by molar-refractivity contribution is 0.489. The van der Waals surface area contributed by atoms with Crippen molar-refractivity contribution in [2.75, 3.05) is 0 Å². The van der Waals surface area contributed by atoms with E-state index in [0.29, 0.717) is 0 Å². The molecule has 1 heterocycles. The fourth-order valence-corrected chi connectivity index (χ4v) is 1.66. The standard InChI is InChI=1S/C9H13N2/c1-2-4-9(5-3-1)11-7-6-10-8-11/h6-8H,1-5H2. The van der Waals surface area contributed by atoms with Gasteiger partial charge in [0.15, 0.2) is 0 Å². The van der Waals surface area contributed by atoms with Crippen LogP contribution in [-0.4, -0.2) is 9.55 Å². The molecule has 1 radical (unpaired) electrons. The summed E-state index contributed by atoms with van der Waals surface area (Å²) in [6.45, 7) is 0. The van der Waals surface area contributed by atoms with Crippen LogP contribution in [0, 0.1) is 6.04 Å². The molecule has 0 unspecified atom stereocenters. The van der Waals surface area contributed by atoms with Gasteiger partial charge in [0.1, 0.15) is 0 Å². The lowest BCUT2D eigenvalue weighted by Gasteiger charge is -2.21. The van der Waals surface area contributed by atoms with Crippen molar-refractivity contribution in [3.63, 3.8) is 0 Å². The first-order chi connectivity index (χ1) is 5.47. The molecule has 1 aromatic heterocycles. The van der Waals surface area contributed by atoms with Crippen molar-refractivity contribution in [2.24, 2.45) is 0 Å². The number of nitrogens with zero attached hydrogens (tertiary/aromatic N) is 2. The Hall–Kier alpha value is -0.790. The van der Waals surface area contributed by atoms with E-state index in [0.717, 1.165) is 0 Å². The quantitative estimate of drug-likeness (QED) is 0.598. The zero-order valence-corrected chi connectivity index (χ0v) is 6.66. The van der Waals surface area contributed by atoms with Gasteiger partial charge in [0.05, 0.1) is 12.4 Å². The van der Waals surface area contributed by atoms with Crippen molar-refractivity contribution in [3.05, 3.63) is 24.8 Å². The van der Waals surface area contributed by atoms with Crippen LogP contribution in [-0.2, 0) is 0 Å². The maximum absolute atomic E-state index is 4.04. The maximum Gasteiger partial charge on any atom is 0.0951 e. The second kappa shape index (κ2) is 3.07. The highest BCUT2D eigenvalue weighted by molar-refractivity contribution is 4.97. The summed E-state index contributed by atoms with van der Waals surface area (Å²) < 4.78 is 2.17. The van der Waals surface area contributed by atoms with E-state index < -0.39 is 0 Å². The highest BCUT2D eigenvalue weighted by Gasteiger charge is 2.14. The van der Waals surface area contributed by atoms with Crippen molar-refractivity contribution in [1.82, 2.24) is 9.55 Å². The SMILES string of the molecule is c1cn([C]2CCCCC2)cn1. The molecule has 0 bridgehead atoms. The van der Waals surface area contributed by atoms with E-state index in [1.165, 1.54) is 38.1 Å². The smallest absolute Gasteiger partial charge is 0.0951 e. The molecule has 0 aromatic carbocycles. The minimum atomic E-state index is 1.26. The number of imidazole rings is 1. The molecule has 1 aliphatic carbocycles. The molecule has 1 aromatic rings. The van der Waals surface area contributed by atoms with Gasteiger partial charge in [-0.05, 0) is 12.8 Å². The van der Waals surface area contributed by atoms with E-state index in [2.05, 4.69) is 9.55 Å². The largest absolute Gasteiger partial charge is 0.329 e. The Morgan fingerprint density at radius 3 is 2.64 bits per heavy atom. The molecule has 0 spiro atoms.